The van der Waals surface area contributed by atoms with Crippen molar-refractivity contribution >= 4 is 70.1 Å². The average molecular weight is 844 g/mol. The van der Waals surface area contributed by atoms with Crippen LogP contribution in [0.1, 0.15) is 22.3 Å². The van der Waals surface area contributed by atoms with Crippen LogP contribution < -0.4 is 4.90 Å². The van der Waals surface area contributed by atoms with E-state index in [1.807, 2.05) is 11.3 Å². The third-order valence-electron chi connectivity index (χ3n) is 13.8. The van der Waals surface area contributed by atoms with Gasteiger partial charge in [0.1, 0.15) is 0 Å². The van der Waals surface area contributed by atoms with Crippen molar-refractivity contribution < 1.29 is 0 Å². The van der Waals surface area contributed by atoms with Crippen LogP contribution in [0.5, 0.6) is 0 Å². The van der Waals surface area contributed by atoms with E-state index in [2.05, 4.69) is 254 Å². The average Bonchev–Trinajstić information content (AvgIpc) is 3.92. The minimum absolute atomic E-state index is 0.452. The second-order valence-corrected chi connectivity index (χ2v) is 18.2. The summed E-state index contributed by atoms with van der Waals surface area (Å²) in [5, 5.41) is 7.86. The van der Waals surface area contributed by atoms with Crippen LogP contribution in [-0.4, -0.2) is 0 Å². The van der Waals surface area contributed by atoms with Gasteiger partial charge in [0, 0.05) is 42.6 Å². The molecule has 304 valence electrons. The second kappa shape index (κ2) is 15.1. The van der Waals surface area contributed by atoms with Gasteiger partial charge in [-0.25, -0.2) is 0 Å². The van der Waals surface area contributed by atoms with Gasteiger partial charge in [-0.2, -0.15) is 0 Å². The van der Waals surface area contributed by atoms with Crippen LogP contribution >= 0.6 is 11.3 Å². The Hall–Kier alpha value is -8.04. The van der Waals surface area contributed by atoms with Crippen molar-refractivity contribution in [2.75, 3.05) is 4.90 Å². The Bertz CT molecular complexity index is 3690. The summed E-state index contributed by atoms with van der Waals surface area (Å²) < 4.78 is 2.70. The first kappa shape index (κ1) is 37.5. The molecule has 0 saturated carbocycles. The Kier molecular flexibility index (Phi) is 8.69. The Balaban J connectivity index is 0.913. The van der Waals surface area contributed by atoms with Crippen LogP contribution in [-0.2, 0) is 5.41 Å². The number of fused-ring (bicyclic) bond motifs is 10. The molecule has 1 aliphatic rings. The smallest absolute Gasteiger partial charge is 0.0713 e. The van der Waals surface area contributed by atoms with Crippen molar-refractivity contribution in [2.24, 2.45) is 0 Å². The zero-order valence-electron chi connectivity index (χ0n) is 35.5. The molecule has 12 aromatic rings. The van der Waals surface area contributed by atoms with E-state index in [1.54, 1.807) is 0 Å². The zero-order valence-corrected chi connectivity index (χ0v) is 36.3. The third-order valence-corrected chi connectivity index (χ3v) is 15.0. The van der Waals surface area contributed by atoms with Crippen molar-refractivity contribution in [1.82, 2.24) is 0 Å². The van der Waals surface area contributed by atoms with Gasteiger partial charge < -0.3 is 4.90 Å². The molecule has 0 unspecified atom stereocenters. The van der Waals surface area contributed by atoms with E-state index in [1.165, 1.54) is 97.4 Å². The highest BCUT2D eigenvalue weighted by atomic mass is 32.1. The molecule has 0 atom stereocenters. The van der Waals surface area contributed by atoms with Crippen molar-refractivity contribution in [2.45, 2.75) is 5.41 Å². The van der Waals surface area contributed by atoms with Gasteiger partial charge in [0.2, 0.25) is 0 Å². The summed E-state index contributed by atoms with van der Waals surface area (Å²) in [6.45, 7) is 0. The lowest BCUT2D eigenvalue weighted by Crippen LogP contribution is -2.28. The molecular weight excluding hydrogens is 803 g/mol. The summed E-state index contributed by atoms with van der Waals surface area (Å²) in [5.41, 5.74) is 15.4. The Morgan fingerprint density at radius 3 is 1.48 bits per heavy atom. The topological polar surface area (TPSA) is 3.24 Å². The first-order valence-electron chi connectivity index (χ1n) is 22.4. The lowest BCUT2D eigenvalue weighted by molar-refractivity contribution is 0.768. The van der Waals surface area contributed by atoms with Crippen molar-refractivity contribution in [3.63, 3.8) is 0 Å². The highest BCUT2D eigenvalue weighted by molar-refractivity contribution is 7.26. The van der Waals surface area contributed by atoms with Gasteiger partial charge in [-0.15, -0.1) is 11.3 Å². The lowest BCUT2D eigenvalue weighted by Gasteiger charge is -2.34. The Morgan fingerprint density at radius 1 is 0.323 bits per heavy atom. The number of thiophene rings is 1. The van der Waals surface area contributed by atoms with Crippen LogP contribution in [0.2, 0.25) is 0 Å². The first-order valence-corrected chi connectivity index (χ1v) is 23.2. The van der Waals surface area contributed by atoms with Gasteiger partial charge >= 0.3 is 0 Å². The first-order chi connectivity index (χ1) is 32.2. The maximum absolute atomic E-state index is 2.39. The van der Waals surface area contributed by atoms with Crippen molar-refractivity contribution in [3.8, 4) is 33.4 Å². The normalized spacial score (nSPS) is 12.7. The summed E-state index contributed by atoms with van der Waals surface area (Å²) in [6.07, 6.45) is 0. The van der Waals surface area contributed by atoms with E-state index >= 15 is 0 Å². The number of nitrogens with zero attached hydrogens (tertiary/aromatic N) is 1. The third kappa shape index (κ3) is 5.92. The molecule has 0 radical (unpaired) electrons. The van der Waals surface area contributed by atoms with Crippen LogP contribution in [0.3, 0.4) is 0 Å². The minimum atomic E-state index is -0.452. The Morgan fingerprint density at radius 2 is 0.800 bits per heavy atom. The summed E-state index contributed by atoms with van der Waals surface area (Å²) in [5.74, 6) is 0. The molecule has 0 fully saturated rings. The summed E-state index contributed by atoms with van der Waals surface area (Å²) in [6, 6.07) is 91.8. The molecule has 2 heteroatoms. The van der Waals surface area contributed by atoms with Gasteiger partial charge in [0.25, 0.3) is 0 Å². The van der Waals surface area contributed by atoms with Crippen LogP contribution in [0, 0.1) is 0 Å². The SMILES string of the molecule is c1ccc(-c2ccc(N(c3ccc(-c4ccc5c(ccc6ccc7c8ccccc8sc7c65)c4)cc3)c3ccc(C4(c5ccccc5)c5ccccc5-c5ccccc54)cc3)cc2)cc1. The maximum Gasteiger partial charge on any atom is 0.0713 e. The number of hydrogen-bond acceptors (Lipinski definition) is 2. The molecule has 0 N–H and O–H groups in total. The fourth-order valence-electron chi connectivity index (χ4n) is 10.8. The lowest BCUT2D eigenvalue weighted by atomic mass is 9.68. The molecule has 65 heavy (non-hydrogen) atoms. The standard InChI is InChI=1S/C63H41NS/c1-3-13-42(14-4-1)43-25-33-50(34-26-43)64(52-37-31-49(32-38-52)63(48-15-5-2-6-16-48)58-20-10-7-17-54(58)55-18-8-11-21-59(55)63)51-35-27-44(28-36-51)46-30-39-53-47(41-46)24-23-45-29-40-57-56-19-9-12-22-60(56)65-62(57)61(45)53/h1-41H. The molecule has 0 amide bonds. The van der Waals surface area contributed by atoms with Gasteiger partial charge in [-0.05, 0) is 120 Å². The summed E-state index contributed by atoms with van der Waals surface area (Å²) >= 11 is 1.90. The fraction of sp³-hybridized carbons (Fsp3) is 0.0159. The van der Waals surface area contributed by atoms with Crippen molar-refractivity contribution in [1.29, 1.82) is 0 Å². The van der Waals surface area contributed by atoms with Gasteiger partial charge in [-0.1, -0.05) is 200 Å². The predicted molar refractivity (Wildman–Crippen MR) is 277 cm³/mol. The summed E-state index contributed by atoms with van der Waals surface area (Å²) in [4.78, 5) is 2.39. The van der Waals surface area contributed by atoms with Gasteiger partial charge in [0.15, 0.2) is 0 Å². The van der Waals surface area contributed by atoms with Crippen LogP contribution in [0.15, 0.2) is 249 Å². The van der Waals surface area contributed by atoms with Gasteiger partial charge in [0.05, 0.1) is 5.41 Å². The molecule has 0 spiro atoms. The fourth-order valence-corrected chi connectivity index (χ4v) is 12.0. The molecule has 13 rings (SSSR count). The molecular formula is C63H41NS. The molecule has 11 aromatic carbocycles. The van der Waals surface area contributed by atoms with Gasteiger partial charge in [-0.3, -0.25) is 0 Å². The summed E-state index contributed by atoms with van der Waals surface area (Å²) in [7, 11) is 0. The predicted octanol–water partition coefficient (Wildman–Crippen LogP) is 17.5. The zero-order chi connectivity index (χ0) is 42.9. The van der Waals surface area contributed by atoms with E-state index in [0.717, 1.165) is 17.1 Å². The monoisotopic (exact) mass is 843 g/mol. The van der Waals surface area contributed by atoms with E-state index in [4.69, 9.17) is 0 Å². The minimum Gasteiger partial charge on any atom is -0.311 e. The molecule has 0 saturated heterocycles. The molecule has 0 bridgehead atoms. The van der Waals surface area contributed by atoms with Crippen LogP contribution in [0.4, 0.5) is 17.1 Å². The van der Waals surface area contributed by atoms with Crippen LogP contribution in [0.25, 0.3) is 75.1 Å². The largest absolute Gasteiger partial charge is 0.311 e. The Labute approximate surface area is 382 Å². The van der Waals surface area contributed by atoms with Crippen molar-refractivity contribution in [3.05, 3.63) is 271 Å². The highest BCUT2D eigenvalue weighted by Gasteiger charge is 2.45. The van der Waals surface area contributed by atoms with E-state index in [-0.39, 0.29) is 0 Å². The number of benzene rings is 11. The van der Waals surface area contributed by atoms with E-state index in [0.29, 0.717) is 0 Å². The molecule has 1 aromatic heterocycles. The molecule has 0 aliphatic heterocycles. The maximum atomic E-state index is 2.39. The molecule has 1 nitrogen and oxygen atoms in total. The molecule has 1 heterocycles. The quantitative estimate of drug-likeness (QED) is 0.145. The highest BCUT2D eigenvalue weighted by Crippen LogP contribution is 2.56. The number of anilines is 3. The number of hydrogen-bond donors (Lipinski definition) is 0. The molecule has 1 aliphatic carbocycles. The second-order valence-electron chi connectivity index (χ2n) is 17.2. The number of rotatable bonds is 7. The van der Waals surface area contributed by atoms with E-state index < -0.39 is 5.41 Å². The van der Waals surface area contributed by atoms with E-state index in [9.17, 15) is 0 Å².